The van der Waals surface area contributed by atoms with Crippen molar-refractivity contribution in [2.24, 2.45) is 0 Å². The van der Waals surface area contributed by atoms with Crippen molar-refractivity contribution in [2.45, 2.75) is 32.9 Å². The standard InChI is InChI=1S/C20H22ClNO5/c1-13-4-3-5-14(8-13)12-27-20-16(21)9-15(10-17(20)26-2)11-22-18(23)6-7-19(24)25/h3-5,8-10H,6-7,11-12H2,1-2H3,(H,22,23)(H,24,25). The number of ether oxygens (including phenoxy) is 2. The van der Waals surface area contributed by atoms with Gasteiger partial charge in [0, 0.05) is 13.0 Å². The molecule has 0 fully saturated rings. The topological polar surface area (TPSA) is 84.9 Å². The zero-order valence-corrected chi connectivity index (χ0v) is 16.0. The first-order valence-corrected chi connectivity index (χ1v) is 8.80. The van der Waals surface area contributed by atoms with Crippen LogP contribution in [-0.2, 0) is 22.7 Å². The first-order valence-electron chi connectivity index (χ1n) is 8.42. The smallest absolute Gasteiger partial charge is 0.303 e. The zero-order valence-electron chi connectivity index (χ0n) is 15.3. The molecule has 0 aliphatic rings. The highest BCUT2D eigenvalue weighted by Gasteiger charge is 2.13. The molecule has 0 aliphatic carbocycles. The quantitative estimate of drug-likeness (QED) is 0.680. The number of rotatable bonds is 9. The van der Waals surface area contributed by atoms with Crippen LogP contribution in [0.3, 0.4) is 0 Å². The minimum absolute atomic E-state index is 0.0715. The summed E-state index contributed by atoms with van der Waals surface area (Å²) in [6.07, 6.45) is -0.278. The molecule has 2 aromatic carbocycles. The summed E-state index contributed by atoms with van der Waals surface area (Å²) in [4.78, 5) is 22.1. The minimum Gasteiger partial charge on any atom is -0.493 e. The number of carboxylic acids is 1. The molecule has 2 N–H and O–H groups in total. The van der Waals surface area contributed by atoms with Gasteiger partial charge in [0.15, 0.2) is 11.5 Å². The number of aliphatic carboxylic acids is 1. The van der Waals surface area contributed by atoms with Gasteiger partial charge in [0.25, 0.3) is 0 Å². The maximum atomic E-state index is 11.7. The van der Waals surface area contributed by atoms with Gasteiger partial charge in [0.2, 0.25) is 5.91 Å². The number of amides is 1. The fraction of sp³-hybridized carbons (Fsp3) is 0.300. The van der Waals surface area contributed by atoms with E-state index in [0.717, 1.165) is 16.7 Å². The van der Waals surface area contributed by atoms with Gasteiger partial charge in [-0.25, -0.2) is 0 Å². The van der Waals surface area contributed by atoms with Gasteiger partial charge in [-0.2, -0.15) is 0 Å². The van der Waals surface area contributed by atoms with Crippen LogP contribution in [0, 0.1) is 6.92 Å². The lowest BCUT2D eigenvalue weighted by Crippen LogP contribution is -2.23. The summed E-state index contributed by atoms with van der Waals surface area (Å²) in [5, 5.41) is 11.6. The largest absolute Gasteiger partial charge is 0.493 e. The Morgan fingerprint density at radius 3 is 2.59 bits per heavy atom. The van der Waals surface area contributed by atoms with E-state index in [1.165, 1.54) is 7.11 Å². The summed E-state index contributed by atoms with van der Waals surface area (Å²) in [5.41, 5.74) is 2.88. The number of carbonyl (C=O) groups excluding carboxylic acids is 1. The highest BCUT2D eigenvalue weighted by molar-refractivity contribution is 6.32. The number of benzene rings is 2. The van der Waals surface area contributed by atoms with Gasteiger partial charge >= 0.3 is 5.97 Å². The van der Waals surface area contributed by atoms with Crippen LogP contribution >= 0.6 is 11.6 Å². The molecule has 0 aliphatic heterocycles. The number of methoxy groups -OCH3 is 1. The number of hydrogen-bond acceptors (Lipinski definition) is 4. The number of halogens is 1. The number of aryl methyl sites for hydroxylation is 1. The van der Waals surface area contributed by atoms with Crippen molar-refractivity contribution in [1.29, 1.82) is 0 Å². The fourth-order valence-electron chi connectivity index (χ4n) is 2.48. The molecule has 2 aromatic rings. The Balaban J connectivity index is 2.03. The molecule has 6 nitrogen and oxygen atoms in total. The van der Waals surface area contributed by atoms with Crippen LogP contribution in [0.1, 0.15) is 29.5 Å². The van der Waals surface area contributed by atoms with Gasteiger partial charge in [0.05, 0.1) is 18.6 Å². The van der Waals surface area contributed by atoms with Crippen LogP contribution in [0.2, 0.25) is 5.02 Å². The highest BCUT2D eigenvalue weighted by atomic mass is 35.5. The number of carbonyl (C=O) groups is 2. The fourth-order valence-corrected chi connectivity index (χ4v) is 2.77. The molecule has 0 aromatic heterocycles. The molecule has 0 heterocycles. The van der Waals surface area contributed by atoms with Crippen LogP contribution in [0.4, 0.5) is 0 Å². The first-order chi connectivity index (χ1) is 12.9. The Hall–Kier alpha value is -2.73. The molecule has 7 heteroatoms. The van der Waals surface area contributed by atoms with Crippen LogP contribution < -0.4 is 14.8 Å². The normalized spacial score (nSPS) is 10.3. The number of carboxylic acid groups (broad SMARTS) is 1. The van der Waals surface area contributed by atoms with Crippen molar-refractivity contribution in [3.05, 3.63) is 58.1 Å². The Morgan fingerprint density at radius 2 is 1.93 bits per heavy atom. The summed E-state index contributed by atoms with van der Waals surface area (Å²) in [6.45, 7) is 2.58. The maximum absolute atomic E-state index is 11.7. The Bertz CT molecular complexity index is 822. The second kappa shape index (κ2) is 9.83. The van der Waals surface area contributed by atoms with Crippen LogP contribution in [0.25, 0.3) is 0 Å². The van der Waals surface area contributed by atoms with Gasteiger partial charge in [0.1, 0.15) is 6.61 Å². The molecule has 0 radical (unpaired) electrons. The Kier molecular flexibility index (Phi) is 7.49. The summed E-state index contributed by atoms with van der Waals surface area (Å²) in [6, 6.07) is 11.4. The van der Waals surface area contributed by atoms with Gasteiger partial charge < -0.3 is 19.9 Å². The Morgan fingerprint density at radius 1 is 1.15 bits per heavy atom. The number of nitrogens with one attached hydrogen (secondary N) is 1. The third kappa shape index (κ3) is 6.49. The van der Waals surface area contributed by atoms with Crippen molar-refractivity contribution >= 4 is 23.5 Å². The SMILES string of the molecule is COc1cc(CNC(=O)CCC(=O)O)cc(Cl)c1OCc1cccc(C)c1. The average molecular weight is 392 g/mol. The van der Waals surface area contributed by atoms with Crippen molar-refractivity contribution < 1.29 is 24.2 Å². The molecule has 0 saturated heterocycles. The van der Waals surface area contributed by atoms with Crippen LogP contribution in [0.15, 0.2) is 36.4 Å². The lowest BCUT2D eigenvalue weighted by Gasteiger charge is -2.15. The molecular formula is C20H22ClNO5. The van der Waals surface area contributed by atoms with Crippen molar-refractivity contribution in [2.75, 3.05) is 7.11 Å². The minimum atomic E-state index is -1.01. The van der Waals surface area contributed by atoms with E-state index in [9.17, 15) is 9.59 Å². The van der Waals surface area contributed by atoms with E-state index in [1.807, 2.05) is 31.2 Å². The van der Waals surface area contributed by atoms with Gasteiger partial charge in [-0.1, -0.05) is 41.4 Å². The van der Waals surface area contributed by atoms with E-state index >= 15 is 0 Å². The summed E-state index contributed by atoms with van der Waals surface area (Å²) < 4.78 is 11.2. The summed E-state index contributed by atoms with van der Waals surface area (Å²) in [5.74, 6) is -0.455. The molecule has 0 spiro atoms. The second-order valence-corrected chi connectivity index (χ2v) is 6.46. The third-order valence-corrected chi connectivity index (χ3v) is 4.09. The first kappa shape index (κ1) is 20.6. The predicted octanol–water partition coefficient (Wildman–Crippen LogP) is 3.72. The molecule has 144 valence electrons. The Labute approximate surface area is 163 Å². The summed E-state index contributed by atoms with van der Waals surface area (Å²) in [7, 11) is 1.51. The van der Waals surface area contributed by atoms with E-state index < -0.39 is 5.97 Å². The van der Waals surface area contributed by atoms with Crippen molar-refractivity contribution in [3.8, 4) is 11.5 Å². The number of hydrogen-bond donors (Lipinski definition) is 2. The zero-order chi connectivity index (χ0) is 19.8. The van der Waals surface area contributed by atoms with E-state index in [-0.39, 0.29) is 25.3 Å². The van der Waals surface area contributed by atoms with Crippen LogP contribution in [-0.4, -0.2) is 24.1 Å². The predicted molar refractivity (Wildman–Crippen MR) is 102 cm³/mol. The van der Waals surface area contributed by atoms with Gasteiger partial charge in [-0.3, -0.25) is 9.59 Å². The monoisotopic (exact) mass is 391 g/mol. The van der Waals surface area contributed by atoms with E-state index in [0.29, 0.717) is 23.1 Å². The van der Waals surface area contributed by atoms with Crippen molar-refractivity contribution in [1.82, 2.24) is 5.32 Å². The molecule has 27 heavy (non-hydrogen) atoms. The van der Waals surface area contributed by atoms with Gasteiger partial charge in [-0.15, -0.1) is 0 Å². The van der Waals surface area contributed by atoms with Gasteiger partial charge in [-0.05, 0) is 30.2 Å². The summed E-state index contributed by atoms with van der Waals surface area (Å²) >= 11 is 6.33. The molecule has 0 atom stereocenters. The van der Waals surface area contributed by atoms with Crippen molar-refractivity contribution in [3.63, 3.8) is 0 Å². The lowest BCUT2D eigenvalue weighted by molar-refractivity contribution is -0.138. The third-order valence-electron chi connectivity index (χ3n) is 3.81. The molecule has 2 rings (SSSR count). The molecule has 0 bridgehead atoms. The maximum Gasteiger partial charge on any atom is 0.303 e. The molecule has 0 saturated carbocycles. The lowest BCUT2D eigenvalue weighted by atomic mass is 10.1. The van der Waals surface area contributed by atoms with E-state index in [1.54, 1.807) is 12.1 Å². The molecule has 0 unspecified atom stereocenters. The molecule has 1 amide bonds. The second-order valence-electron chi connectivity index (χ2n) is 6.06. The molecular weight excluding hydrogens is 370 g/mol. The highest BCUT2D eigenvalue weighted by Crippen LogP contribution is 2.37. The average Bonchev–Trinajstić information content (AvgIpc) is 2.63. The van der Waals surface area contributed by atoms with E-state index in [2.05, 4.69) is 5.32 Å². The van der Waals surface area contributed by atoms with Crippen LogP contribution in [0.5, 0.6) is 11.5 Å². The van der Waals surface area contributed by atoms with E-state index in [4.69, 9.17) is 26.2 Å².